The average Bonchev–Trinajstić information content (AvgIpc) is 2.21. The minimum absolute atomic E-state index is 0.114. The molecule has 1 aliphatic rings. The molecule has 0 radical (unpaired) electrons. The monoisotopic (exact) mass is 299 g/mol. The van der Waals surface area contributed by atoms with Crippen LogP contribution in [0.1, 0.15) is 29.6 Å². The van der Waals surface area contributed by atoms with Gasteiger partial charge in [-0.25, -0.2) is 0 Å². The van der Waals surface area contributed by atoms with E-state index >= 15 is 0 Å². The molecule has 2 rings (SSSR count). The lowest BCUT2D eigenvalue weighted by molar-refractivity contribution is 0.0855. The zero-order valence-corrected chi connectivity index (χ0v) is 10.8. The zero-order chi connectivity index (χ0) is 12.5. The molecule has 1 aromatic rings. The molecule has 92 valence electrons. The molecular formula is C12H14BrNO3. The summed E-state index contributed by atoms with van der Waals surface area (Å²) in [7, 11) is 0. The van der Waals surface area contributed by atoms with Gasteiger partial charge in [-0.3, -0.25) is 4.79 Å². The van der Waals surface area contributed by atoms with E-state index in [1.165, 1.54) is 18.2 Å². The number of aromatic hydroxyl groups is 2. The highest BCUT2D eigenvalue weighted by Crippen LogP contribution is 2.34. The quantitative estimate of drug-likeness (QED) is 0.749. The van der Waals surface area contributed by atoms with Gasteiger partial charge in [0.25, 0.3) is 5.91 Å². The van der Waals surface area contributed by atoms with Crippen LogP contribution in [0.3, 0.4) is 0 Å². The van der Waals surface area contributed by atoms with Gasteiger partial charge >= 0.3 is 0 Å². The number of hydrogen-bond donors (Lipinski definition) is 3. The fraction of sp³-hybridized carbons (Fsp3) is 0.417. The second-order valence-corrected chi connectivity index (χ2v) is 5.02. The van der Waals surface area contributed by atoms with E-state index in [1.54, 1.807) is 0 Å². The van der Waals surface area contributed by atoms with Crippen LogP contribution in [-0.4, -0.2) is 27.0 Å². The highest BCUT2D eigenvalue weighted by Gasteiger charge is 2.37. The van der Waals surface area contributed by atoms with Gasteiger partial charge in [-0.1, -0.05) is 15.9 Å². The summed E-state index contributed by atoms with van der Waals surface area (Å²) < 4.78 is 0. The lowest BCUT2D eigenvalue weighted by Gasteiger charge is -2.41. The molecule has 4 nitrogen and oxygen atoms in total. The number of hydrogen-bond acceptors (Lipinski definition) is 3. The minimum atomic E-state index is -0.268. The van der Waals surface area contributed by atoms with Crippen LogP contribution in [0.2, 0.25) is 0 Å². The lowest BCUT2D eigenvalue weighted by atomic mass is 9.78. The van der Waals surface area contributed by atoms with E-state index in [4.69, 9.17) is 0 Å². The Morgan fingerprint density at radius 2 is 1.88 bits per heavy atom. The standard InChI is InChI=1S/C12H14BrNO3/c13-7-12(2-1-3-12)14-11(17)8-4-9(15)6-10(16)5-8/h4-6,15-16H,1-3,7H2,(H,14,17). The third-order valence-corrected chi connectivity index (χ3v) is 4.18. The largest absolute Gasteiger partial charge is 0.508 e. The van der Waals surface area contributed by atoms with Crippen molar-refractivity contribution in [3.63, 3.8) is 0 Å². The number of benzene rings is 1. The van der Waals surface area contributed by atoms with Crippen LogP contribution >= 0.6 is 15.9 Å². The van der Waals surface area contributed by atoms with Crippen molar-refractivity contribution in [2.24, 2.45) is 0 Å². The molecule has 17 heavy (non-hydrogen) atoms. The molecule has 1 aromatic carbocycles. The van der Waals surface area contributed by atoms with Crippen molar-refractivity contribution in [3.05, 3.63) is 23.8 Å². The fourth-order valence-corrected chi connectivity index (χ4v) is 2.64. The summed E-state index contributed by atoms with van der Waals surface area (Å²) in [5, 5.41) is 22.3. The van der Waals surface area contributed by atoms with Gasteiger partial charge in [0.2, 0.25) is 0 Å². The Kier molecular flexibility index (Phi) is 3.28. The first-order valence-electron chi connectivity index (χ1n) is 5.46. The van der Waals surface area contributed by atoms with Gasteiger partial charge < -0.3 is 15.5 Å². The second-order valence-electron chi connectivity index (χ2n) is 4.46. The van der Waals surface area contributed by atoms with Crippen LogP contribution in [0.4, 0.5) is 0 Å². The van der Waals surface area contributed by atoms with Crippen LogP contribution < -0.4 is 5.32 Å². The van der Waals surface area contributed by atoms with Crippen molar-refractivity contribution in [2.75, 3.05) is 5.33 Å². The maximum atomic E-state index is 12.0. The molecule has 1 fully saturated rings. The molecule has 0 atom stereocenters. The third kappa shape index (κ3) is 2.54. The van der Waals surface area contributed by atoms with Gasteiger partial charge in [0, 0.05) is 17.0 Å². The number of phenols is 2. The van der Waals surface area contributed by atoms with E-state index in [9.17, 15) is 15.0 Å². The number of rotatable bonds is 3. The topological polar surface area (TPSA) is 69.6 Å². The van der Waals surface area contributed by atoms with Crippen molar-refractivity contribution in [1.82, 2.24) is 5.32 Å². The first-order chi connectivity index (χ1) is 8.04. The summed E-state index contributed by atoms with van der Waals surface area (Å²) in [6.07, 6.45) is 3.01. The summed E-state index contributed by atoms with van der Waals surface area (Å²) >= 11 is 3.40. The molecule has 1 aliphatic carbocycles. The minimum Gasteiger partial charge on any atom is -0.508 e. The lowest BCUT2D eigenvalue weighted by Crippen LogP contribution is -2.54. The Morgan fingerprint density at radius 3 is 2.29 bits per heavy atom. The predicted molar refractivity (Wildman–Crippen MR) is 67.6 cm³/mol. The van der Waals surface area contributed by atoms with Crippen molar-refractivity contribution in [3.8, 4) is 11.5 Å². The Morgan fingerprint density at radius 1 is 1.29 bits per heavy atom. The molecule has 0 unspecified atom stereocenters. The summed E-state index contributed by atoms with van der Waals surface area (Å²) in [6.45, 7) is 0. The van der Waals surface area contributed by atoms with Gasteiger partial charge in [0.1, 0.15) is 11.5 Å². The van der Waals surface area contributed by atoms with Gasteiger partial charge in [0.15, 0.2) is 0 Å². The molecular weight excluding hydrogens is 286 g/mol. The van der Waals surface area contributed by atoms with E-state index in [-0.39, 0.29) is 28.5 Å². The Balaban J connectivity index is 2.14. The van der Waals surface area contributed by atoms with E-state index in [0.717, 1.165) is 24.6 Å². The first kappa shape index (κ1) is 12.2. The molecule has 0 bridgehead atoms. The Bertz CT molecular complexity index is 418. The average molecular weight is 300 g/mol. The zero-order valence-electron chi connectivity index (χ0n) is 9.24. The van der Waals surface area contributed by atoms with Gasteiger partial charge in [-0.05, 0) is 31.4 Å². The number of nitrogens with one attached hydrogen (secondary N) is 1. The number of alkyl halides is 1. The summed E-state index contributed by atoms with van der Waals surface area (Å²) in [4.78, 5) is 12.0. The second kappa shape index (κ2) is 4.56. The number of phenolic OH excluding ortho intramolecular Hbond substituents is 2. The maximum Gasteiger partial charge on any atom is 0.252 e. The molecule has 5 heteroatoms. The Hall–Kier alpha value is -1.23. The van der Waals surface area contributed by atoms with Crippen LogP contribution in [0.5, 0.6) is 11.5 Å². The molecule has 0 aliphatic heterocycles. The summed E-state index contributed by atoms with van der Waals surface area (Å²) in [6, 6.07) is 3.88. The van der Waals surface area contributed by atoms with Crippen LogP contribution in [-0.2, 0) is 0 Å². The highest BCUT2D eigenvalue weighted by molar-refractivity contribution is 9.09. The maximum absolute atomic E-state index is 12.0. The Labute approximate surface area is 108 Å². The van der Waals surface area contributed by atoms with Crippen molar-refractivity contribution in [1.29, 1.82) is 0 Å². The third-order valence-electron chi connectivity index (χ3n) is 3.11. The van der Waals surface area contributed by atoms with Crippen LogP contribution in [0.25, 0.3) is 0 Å². The van der Waals surface area contributed by atoms with Crippen LogP contribution in [0, 0.1) is 0 Å². The van der Waals surface area contributed by atoms with Gasteiger partial charge in [-0.15, -0.1) is 0 Å². The molecule has 0 aromatic heterocycles. The highest BCUT2D eigenvalue weighted by atomic mass is 79.9. The van der Waals surface area contributed by atoms with Crippen LogP contribution in [0.15, 0.2) is 18.2 Å². The molecule has 0 spiro atoms. The SMILES string of the molecule is O=C(NC1(CBr)CCC1)c1cc(O)cc(O)c1. The van der Waals surface area contributed by atoms with Crippen molar-refractivity contribution in [2.45, 2.75) is 24.8 Å². The number of carbonyl (C=O) groups is 1. The normalized spacial score (nSPS) is 17.2. The number of halogens is 1. The molecule has 0 heterocycles. The van der Waals surface area contributed by atoms with E-state index in [0.29, 0.717) is 0 Å². The van der Waals surface area contributed by atoms with E-state index in [2.05, 4.69) is 21.2 Å². The predicted octanol–water partition coefficient (Wildman–Crippen LogP) is 2.15. The van der Waals surface area contributed by atoms with E-state index < -0.39 is 0 Å². The van der Waals surface area contributed by atoms with Crippen molar-refractivity contribution < 1.29 is 15.0 Å². The van der Waals surface area contributed by atoms with Gasteiger partial charge in [0.05, 0.1) is 5.54 Å². The smallest absolute Gasteiger partial charge is 0.252 e. The first-order valence-corrected chi connectivity index (χ1v) is 6.58. The van der Waals surface area contributed by atoms with Gasteiger partial charge in [-0.2, -0.15) is 0 Å². The fourth-order valence-electron chi connectivity index (χ4n) is 1.93. The molecule has 3 N–H and O–H groups in total. The van der Waals surface area contributed by atoms with E-state index in [1.807, 2.05) is 0 Å². The summed E-state index contributed by atoms with van der Waals surface area (Å²) in [5.41, 5.74) is 0.104. The molecule has 0 saturated heterocycles. The molecule has 1 amide bonds. The summed E-state index contributed by atoms with van der Waals surface area (Å²) in [5.74, 6) is -0.497. The molecule has 1 saturated carbocycles. The number of amides is 1. The van der Waals surface area contributed by atoms with Crippen molar-refractivity contribution >= 4 is 21.8 Å². The number of carbonyl (C=O) groups excluding carboxylic acids is 1.